The Morgan fingerprint density at radius 2 is 1.91 bits per heavy atom. The average Bonchev–Trinajstić information content (AvgIpc) is 3.14. The number of hydrogen-bond acceptors (Lipinski definition) is 7. The van der Waals surface area contributed by atoms with E-state index in [0.717, 1.165) is 24.5 Å². The Balaban J connectivity index is 1.67. The fourth-order valence-corrected chi connectivity index (χ4v) is 2.64. The summed E-state index contributed by atoms with van der Waals surface area (Å²) in [4.78, 5) is 6.76. The van der Waals surface area contributed by atoms with Gasteiger partial charge < -0.3 is 19.7 Å². The predicted octanol–water partition coefficient (Wildman–Crippen LogP) is 2.10. The summed E-state index contributed by atoms with van der Waals surface area (Å²) in [5.41, 5.74) is 1.05. The number of methoxy groups -OCH3 is 2. The van der Waals surface area contributed by atoms with Crippen molar-refractivity contribution in [2.24, 2.45) is 0 Å². The second-order valence-corrected chi connectivity index (χ2v) is 5.38. The highest BCUT2D eigenvalue weighted by molar-refractivity contribution is 5.45. The molecule has 1 N–H and O–H groups in total. The number of anilines is 2. The van der Waals surface area contributed by atoms with Gasteiger partial charge in [-0.3, -0.25) is 0 Å². The molecule has 7 nitrogen and oxygen atoms in total. The van der Waals surface area contributed by atoms with Crippen LogP contribution in [-0.4, -0.2) is 42.5 Å². The van der Waals surface area contributed by atoms with Crippen LogP contribution in [0.5, 0.6) is 11.5 Å². The fraction of sp³-hybridized carbons (Fsp3) is 0.438. The third kappa shape index (κ3) is 3.61. The van der Waals surface area contributed by atoms with Gasteiger partial charge in [0.2, 0.25) is 5.95 Å². The lowest BCUT2D eigenvalue weighted by Crippen LogP contribution is -2.20. The van der Waals surface area contributed by atoms with Crippen molar-refractivity contribution in [3.63, 3.8) is 0 Å². The fourth-order valence-electron chi connectivity index (χ4n) is 2.64. The lowest BCUT2D eigenvalue weighted by atomic mass is 10.2. The van der Waals surface area contributed by atoms with E-state index in [9.17, 15) is 0 Å². The zero-order chi connectivity index (χ0) is 16.1. The molecule has 0 saturated carbocycles. The predicted molar refractivity (Wildman–Crippen MR) is 88.1 cm³/mol. The summed E-state index contributed by atoms with van der Waals surface area (Å²) in [6.45, 7) is 2.66. The number of nitrogens with zero attached hydrogens (tertiary/aromatic N) is 4. The van der Waals surface area contributed by atoms with Crippen LogP contribution in [0.25, 0.3) is 0 Å². The minimum Gasteiger partial charge on any atom is -0.493 e. The van der Waals surface area contributed by atoms with Crippen molar-refractivity contribution < 1.29 is 9.47 Å². The zero-order valence-electron chi connectivity index (χ0n) is 13.5. The molecule has 23 heavy (non-hydrogen) atoms. The van der Waals surface area contributed by atoms with Crippen LogP contribution >= 0.6 is 0 Å². The van der Waals surface area contributed by atoms with Crippen molar-refractivity contribution in [1.82, 2.24) is 15.2 Å². The summed E-state index contributed by atoms with van der Waals surface area (Å²) in [6, 6.07) is 5.80. The molecule has 1 saturated heterocycles. The molecule has 1 aliphatic heterocycles. The van der Waals surface area contributed by atoms with Gasteiger partial charge in [0.25, 0.3) is 0 Å². The SMILES string of the molecule is COc1ccc(CNc2nncc(N3CCCC3)n2)cc1OC. The van der Waals surface area contributed by atoms with Gasteiger partial charge in [0.15, 0.2) is 17.3 Å². The largest absolute Gasteiger partial charge is 0.493 e. The van der Waals surface area contributed by atoms with Crippen molar-refractivity contribution in [3.8, 4) is 11.5 Å². The summed E-state index contributed by atoms with van der Waals surface area (Å²) in [7, 11) is 3.25. The van der Waals surface area contributed by atoms with Crippen LogP contribution in [0.3, 0.4) is 0 Å². The van der Waals surface area contributed by atoms with Gasteiger partial charge in [-0.15, -0.1) is 5.10 Å². The standard InChI is InChI=1S/C16H21N5O2/c1-22-13-6-5-12(9-14(13)23-2)10-17-16-19-15(11-18-20-16)21-7-3-4-8-21/h5-6,9,11H,3-4,7-8,10H2,1-2H3,(H,17,19,20). The Morgan fingerprint density at radius 3 is 2.65 bits per heavy atom. The minimum atomic E-state index is 0.532. The van der Waals surface area contributed by atoms with E-state index < -0.39 is 0 Å². The minimum absolute atomic E-state index is 0.532. The van der Waals surface area contributed by atoms with Crippen molar-refractivity contribution in [2.45, 2.75) is 19.4 Å². The van der Waals surface area contributed by atoms with Crippen molar-refractivity contribution in [2.75, 3.05) is 37.5 Å². The molecule has 7 heteroatoms. The van der Waals surface area contributed by atoms with Gasteiger partial charge in [0, 0.05) is 19.6 Å². The molecule has 0 aliphatic carbocycles. The van der Waals surface area contributed by atoms with E-state index in [0.29, 0.717) is 24.0 Å². The van der Waals surface area contributed by atoms with E-state index in [1.165, 1.54) is 12.8 Å². The first-order valence-corrected chi connectivity index (χ1v) is 7.69. The van der Waals surface area contributed by atoms with Gasteiger partial charge in [-0.1, -0.05) is 6.07 Å². The third-order valence-corrected chi connectivity index (χ3v) is 3.87. The van der Waals surface area contributed by atoms with Gasteiger partial charge in [-0.2, -0.15) is 10.1 Å². The lowest BCUT2D eigenvalue weighted by molar-refractivity contribution is 0.354. The van der Waals surface area contributed by atoms with Crippen LogP contribution in [-0.2, 0) is 6.54 Å². The van der Waals surface area contributed by atoms with E-state index in [4.69, 9.17) is 9.47 Å². The Morgan fingerprint density at radius 1 is 1.13 bits per heavy atom. The van der Waals surface area contributed by atoms with Crippen LogP contribution in [0.15, 0.2) is 24.4 Å². The molecule has 3 rings (SSSR count). The Labute approximate surface area is 135 Å². The summed E-state index contributed by atoms with van der Waals surface area (Å²) < 4.78 is 10.6. The van der Waals surface area contributed by atoms with Crippen LogP contribution < -0.4 is 19.7 Å². The molecule has 1 aliphatic rings. The molecule has 0 amide bonds. The average molecular weight is 315 g/mol. The van der Waals surface area contributed by atoms with E-state index in [2.05, 4.69) is 25.4 Å². The molecule has 1 aromatic carbocycles. The number of aromatic nitrogens is 3. The molecular formula is C16H21N5O2. The molecule has 0 bridgehead atoms. The summed E-state index contributed by atoms with van der Waals surface area (Å²) in [6.07, 6.45) is 4.13. The smallest absolute Gasteiger partial charge is 0.244 e. The lowest BCUT2D eigenvalue weighted by Gasteiger charge is -2.16. The van der Waals surface area contributed by atoms with E-state index in [-0.39, 0.29) is 0 Å². The van der Waals surface area contributed by atoms with Crippen molar-refractivity contribution in [1.29, 1.82) is 0 Å². The maximum Gasteiger partial charge on any atom is 0.244 e. The monoisotopic (exact) mass is 315 g/mol. The zero-order valence-corrected chi connectivity index (χ0v) is 13.5. The molecule has 0 radical (unpaired) electrons. The summed E-state index contributed by atoms with van der Waals surface area (Å²) in [5.74, 6) is 2.83. The second-order valence-electron chi connectivity index (χ2n) is 5.38. The first-order chi connectivity index (χ1) is 11.3. The molecular weight excluding hydrogens is 294 g/mol. The number of benzene rings is 1. The van der Waals surface area contributed by atoms with E-state index in [1.807, 2.05) is 18.2 Å². The van der Waals surface area contributed by atoms with Crippen LogP contribution in [0.1, 0.15) is 18.4 Å². The highest BCUT2D eigenvalue weighted by atomic mass is 16.5. The van der Waals surface area contributed by atoms with Gasteiger partial charge in [0.1, 0.15) is 0 Å². The third-order valence-electron chi connectivity index (χ3n) is 3.87. The Kier molecular flexibility index (Phi) is 4.75. The van der Waals surface area contributed by atoms with Gasteiger partial charge in [-0.05, 0) is 30.5 Å². The number of rotatable bonds is 6. The normalized spacial score (nSPS) is 13.9. The van der Waals surface area contributed by atoms with Crippen LogP contribution in [0.4, 0.5) is 11.8 Å². The highest BCUT2D eigenvalue weighted by Crippen LogP contribution is 2.27. The van der Waals surface area contributed by atoms with Crippen LogP contribution in [0, 0.1) is 0 Å². The first-order valence-electron chi connectivity index (χ1n) is 7.69. The molecule has 0 spiro atoms. The maximum absolute atomic E-state index is 5.31. The number of hydrogen-bond donors (Lipinski definition) is 1. The topological polar surface area (TPSA) is 72.4 Å². The summed E-state index contributed by atoms with van der Waals surface area (Å²) in [5, 5.41) is 11.3. The van der Waals surface area contributed by atoms with Crippen molar-refractivity contribution in [3.05, 3.63) is 30.0 Å². The number of ether oxygens (including phenoxy) is 2. The molecule has 0 atom stereocenters. The second kappa shape index (κ2) is 7.13. The first kappa shape index (κ1) is 15.3. The molecule has 2 aromatic rings. The van der Waals surface area contributed by atoms with Gasteiger partial charge in [-0.25, -0.2) is 0 Å². The van der Waals surface area contributed by atoms with Crippen LogP contribution in [0.2, 0.25) is 0 Å². The van der Waals surface area contributed by atoms with Gasteiger partial charge >= 0.3 is 0 Å². The Bertz CT molecular complexity index is 659. The Hall–Kier alpha value is -2.57. The highest BCUT2D eigenvalue weighted by Gasteiger charge is 2.14. The molecule has 122 valence electrons. The maximum atomic E-state index is 5.31. The summed E-state index contributed by atoms with van der Waals surface area (Å²) >= 11 is 0. The number of nitrogens with one attached hydrogen (secondary N) is 1. The van der Waals surface area contributed by atoms with Gasteiger partial charge in [0.05, 0.1) is 20.4 Å². The molecule has 0 unspecified atom stereocenters. The molecule has 1 fully saturated rings. The van der Waals surface area contributed by atoms with Crippen molar-refractivity contribution >= 4 is 11.8 Å². The molecule has 1 aromatic heterocycles. The quantitative estimate of drug-likeness (QED) is 0.875. The molecule has 2 heterocycles. The van der Waals surface area contributed by atoms with E-state index in [1.54, 1.807) is 20.4 Å². The van der Waals surface area contributed by atoms with E-state index >= 15 is 0 Å².